The number of carbonyl (C=O) groups is 5. The highest BCUT2D eigenvalue weighted by molar-refractivity contribution is 6.25. The van der Waals surface area contributed by atoms with Crippen LogP contribution in [0.25, 0.3) is 0 Å². The van der Waals surface area contributed by atoms with Gasteiger partial charge in [-0.05, 0) is 93.1 Å². The van der Waals surface area contributed by atoms with Crippen LogP contribution in [0.1, 0.15) is 103 Å². The SMILES string of the molecule is O=C1CCC(N2C(=O)c3cccc(NCc4cnn(C5CCN(C(=O)CC67CC8CC(CC(C8)C6)C7)CC5)c4)c3C2=O)C(=O)N1. The molecule has 45 heavy (non-hydrogen) atoms. The fraction of sp³-hybridized carbons (Fsp3) is 0.588. The molecule has 236 valence electrons. The highest BCUT2D eigenvalue weighted by Crippen LogP contribution is 2.61. The van der Waals surface area contributed by atoms with Gasteiger partial charge in [-0.15, -0.1) is 0 Å². The van der Waals surface area contributed by atoms with Crippen molar-refractivity contribution in [3.63, 3.8) is 0 Å². The van der Waals surface area contributed by atoms with Gasteiger partial charge in [-0.2, -0.15) is 5.10 Å². The van der Waals surface area contributed by atoms with Gasteiger partial charge in [0, 0.05) is 49.9 Å². The Labute approximate surface area is 262 Å². The van der Waals surface area contributed by atoms with Crippen molar-refractivity contribution in [2.24, 2.45) is 23.2 Å². The Hall–Kier alpha value is -4.02. The highest BCUT2D eigenvalue weighted by atomic mass is 16.2. The van der Waals surface area contributed by atoms with Gasteiger partial charge in [0.05, 0.1) is 23.4 Å². The van der Waals surface area contributed by atoms with Crippen LogP contribution in [0, 0.1) is 23.2 Å². The molecule has 6 fully saturated rings. The molecule has 1 aromatic heterocycles. The third-order valence-corrected chi connectivity index (χ3v) is 11.5. The molecule has 5 amide bonds. The lowest BCUT2D eigenvalue weighted by atomic mass is 9.49. The number of nitrogens with zero attached hydrogens (tertiary/aromatic N) is 4. The second-order valence-corrected chi connectivity index (χ2v) is 14.6. The van der Waals surface area contributed by atoms with Crippen LogP contribution in [0.4, 0.5) is 5.69 Å². The Morgan fingerprint density at radius 2 is 1.67 bits per heavy atom. The number of amides is 5. The minimum absolute atomic E-state index is 0.0794. The lowest BCUT2D eigenvalue weighted by Crippen LogP contribution is -2.54. The largest absolute Gasteiger partial charge is 0.380 e. The summed E-state index contributed by atoms with van der Waals surface area (Å²) in [7, 11) is 0. The summed E-state index contributed by atoms with van der Waals surface area (Å²) in [5.41, 5.74) is 2.21. The summed E-state index contributed by atoms with van der Waals surface area (Å²) in [6.07, 6.45) is 14.5. The van der Waals surface area contributed by atoms with E-state index in [1.165, 1.54) is 38.5 Å². The fourth-order valence-electron chi connectivity index (χ4n) is 9.85. The molecule has 4 bridgehead atoms. The van der Waals surface area contributed by atoms with E-state index < -0.39 is 29.7 Å². The second-order valence-electron chi connectivity index (χ2n) is 14.6. The molecule has 7 aliphatic rings. The van der Waals surface area contributed by atoms with Crippen molar-refractivity contribution >= 4 is 35.2 Å². The average molecular weight is 613 g/mol. The molecule has 1 unspecified atom stereocenters. The van der Waals surface area contributed by atoms with Crippen LogP contribution in [0.5, 0.6) is 0 Å². The number of nitrogens with one attached hydrogen (secondary N) is 2. The van der Waals surface area contributed by atoms with Crippen LogP contribution in [0.3, 0.4) is 0 Å². The zero-order valence-electron chi connectivity index (χ0n) is 25.5. The summed E-state index contributed by atoms with van der Waals surface area (Å²) in [6.45, 7) is 1.93. The number of piperidine rings is 2. The van der Waals surface area contributed by atoms with Crippen LogP contribution >= 0.6 is 0 Å². The Kier molecular flexibility index (Phi) is 6.83. The number of fused-ring (bicyclic) bond motifs is 1. The number of hydrogen-bond donors (Lipinski definition) is 2. The number of hydrogen-bond acceptors (Lipinski definition) is 7. The minimum Gasteiger partial charge on any atom is -0.380 e. The summed E-state index contributed by atoms with van der Waals surface area (Å²) >= 11 is 0. The molecule has 2 saturated heterocycles. The molecule has 4 aliphatic carbocycles. The molecule has 1 aromatic carbocycles. The highest BCUT2D eigenvalue weighted by Gasteiger charge is 2.52. The van der Waals surface area contributed by atoms with Gasteiger partial charge in [-0.25, -0.2) is 0 Å². The molecule has 0 radical (unpaired) electrons. The predicted molar refractivity (Wildman–Crippen MR) is 163 cm³/mol. The smallest absolute Gasteiger partial charge is 0.264 e. The van der Waals surface area contributed by atoms with Gasteiger partial charge in [0.1, 0.15) is 6.04 Å². The Morgan fingerprint density at radius 3 is 2.36 bits per heavy atom. The molecule has 2 aromatic rings. The first kappa shape index (κ1) is 28.5. The molecule has 9 rings (SSSR count). The number of likely N-dealkylation sites (tertiary alicyclic amines) is 1. The van der Waals surface area contributed by atoms with E-state index in [1.54, 1.807) is 18.2 Å². The van der Waals surface area contributed by atoms with Crippen molar-refractivity contribution < 1.29 is 24.0 Å². The summed E-state index contributed by atoms with van der Waals surface area (Å²) < 4.78 is 1.99. The van der Waals surface area contributed by atoms with Gasteiger partial charge in [0.15, 0.2) is 0 Å². The first-order valence-electron chi connectivity index (χ1n) is 16.6. The number of rotatable bonds is 7. The lowest BCUT2D eigenvalue weighted by Gasteiger charge is -2.57. The number of carbonyl (C=O) groups excluding carboxylic acids is 5. The summed E-state index contributed by atoms with van der Waals surface area (Å²) in [5, 5.41) is 10.2. The maximum absolute atomic E-state index is 13.4. The van der Waals surface area contributed by atoms with Gasteiger partial charge in [-0.3, -0.25) is 38.9 Å². The van der Waals surface area contributed by atoms with E-state index >= 15 is 0 Å². The normalized spacial score (nSPS) is 31.0. The van der Waals surface area contributed by atoms with E-state index in [0.717, 1.165) is 60.6 Å². The zero-order chi connectivity index (χ0) is 30.9. The fourth-order valence-corrected chi connectivity index (χ4v) is 9.85. The van der Waals surface area contributed by atoms with Crippen molar-refractivity contribution in [1.82, 2.24) is 24.9 Å². The molecule has 11 heteroatoms. The monoisotopic (exact) mass is 612 g/mol. The standard InChI is InChI=1S/C34H40N6O5/c41-28-5-4-27(31(43)37-28)40-32(44)25-2-1-3-26(30(25)33(40)45)35-17-23-18-36-39(19-23)24-6-8-38(9-7-24)29(42)16-34-13-20-10-21(14-34)12-22(11-20)15-34/h1-3,18-22,24,27,35H,4-17H2,(H,37,41,43). The van der Waals surface area contributed by atoms with Crippen LogP contribution in [-0.2, 0) is 20.9 Å². The molecule has 4 heterocycles. The van der Waals surface area contributed by atoms with E-state index in [4.69, 9.17) is 0 Å². The topological polar surface area (TPSA) is 134 Å². The van der Waals surface area contributed by atoms with Crippen molar-refractivity contribution in [2.45, 2.75) is 89.3 Å². The third-order valence-electron chi connectivity index (χ3n) is 11.5. The number of anilines is 1. The van der Waals surface area contributed by atoms with Gasteiger partial charge >= 0.3 is 0 Å². The molecular weight excluding hydrogens is 572 g/mol. The van der Waals surface area contributed by atoms with Crippen LogP contribution in [0.2, 0.25) is 0 Å². The number of imide groups is 2. The summed E-state index contributed by atoms with van der Waals surface area (Å²) in [5.74, 6) is 0.837. The van der Waals surface area contributed by atoms with E-state index in [0.29, 0.717) is 18.1 Å². The maximum Gasteiger partial charge on any atom is 0.264 e. The molecule has 11 nitrogen and oxygen atoms in total. The van der Waals surface area contributed by atoms with Crippen LogP contribution in [-0.4, -0.2) is 68.2 Å². The molecule has 0 spiro atoms. The quantitative estimate of drug-likeness (QED) is 0.456. The average Bonchev–Trinajstić information content (AvgIpc) is 3.58. The van der Waals surface area contributed by atoms with Gasteiger partial charge in [0.25, 0.3) is 11.8 Å². The van der Waals surface area contributed by atoms with Gasteiger partial charge < -0.3 is 10.2 Å². The van der Waals surface area contributed by atoms with Crippen molar-refractivity contribution in [3.05, 3.63) is 47.3 Å². The van der Waals surface area contributed by atoms with Crippen LogP contribution < -0.4 is 10.6 Å². The molecule has 4 saturated carbocycles. The van der Waals surface area contributed by atoms with Crippen molar-refractivity contribution in [3.8, 4) is 0 Å². The Bertz CT molecular complexity index is 1550. The van der Waals surface area contributed by atoms with Crippen molar-refractivity contribution in [2.75, 3.05) is 18.4 Å². The molecule has 2 N–H and O–H groups in total. The van der Waals surface area contributed by atoms with Gasteiger partial charge in [-0.1, -0.05) is 6.07 Å². The second kappa shape index (κ2) is 10.8. The first-order valence-corrected chi connectivity index (χ1v) is 16.6. The number of benzene rings is 1. The molecule has 1 atom stereocenters. The van der Waals surface area contributed by atoms with Crippen molar-refractivity contribution in [1.29, 1.82) is 0 Å². The minimum atomic E-state index is -1.000. The predicted octanol–water partition coefficient (Wildman–Crippen LogP) is 3.67. The zero-order valence-corrected chi connectivity index (χ0v) is 25.5. The summed E-state index contributed by atoms with van der Waals surface area (Å²) in [6, 6.07) is 4.27. The number of aromatic nitrogens is 2. The Morgan fingerprint density at radius 1 is 0.956 bits per heavy atom. The Balaban J connectivity index is 0.870. The lowest BCUT2D eigenvalue weighted by molar-refractivity contribution is -0.141. The molecular formula is C34H40N6O5. The van der Waals surface area contributed by atoms with Crippen LogP contribution in [0.15, 0.2) is 30.6 Å². The first-order chi connectivity index (χ1) is 21.7. The maximum atomic E-state index is 13.4. The van der Waals surface area contributed by atoms with E-state index in [-0.39, 0.29) is 35.4 Å². The van der Waals surface area contributed by atoms with E-state index in [1.807, 2.05) is 17.1 Å². The molecule has 3 aliphatic heterocycles. The van der Waals surface area contributed by atoms with E-state index in [2.05, 4.69) is 20.6 Å². The van der Waals surface area contributed by atoms with E-state index in [9.17, 15) is 24.0 Å². The third kappa shape index (κ3) is 5.04. The summed E-state index contributed by atoms with van der Waals surface area (Å²) in [4.78, 5) is 67.0. The van der Waals surface area contributed by atoms with Gasteiger partial charge in [0.2, 0.25) is 17.7 Å².